The number of hydrogen-bond donors (Lipinski definition) is 1. The Kier molecular flexibility index (Phi) is 3.20. The highest BCUT2D eigenvalue weighted by molar-refractivity contribution is 5.34. The Labute approximate surface area is 113 Å². The minimum absolute atomic E-state index is 0.0703. The van der Waals surface area contributed by atoms with Gasteiger partial charge in [-0.25, -0.2) is 9.97 Å². The normalized spacial score (nSPS) is 15.8. The van der Waals surface area contributed by atoms with Crippen LogP contribution >= 0.6 is 0 Å². The molecular formula is C16H18N2O. The zero-order chi connectivity index (χ0) is 13.2. The summed E-state index contributed by atoms with van der Waals surface area (Å²) in [5.41, 5.74) is 3.91. The molecule has 0 radical (unpaired) electrons. The van der Waals surface area contributed by atoms with Crippen LogP contribution in [0, 0.1) is 0 Å². The first-order valence-corrected chi connectivity index (χ1v) is 6.89. The Morgan fingerprint density at radius 1 is 1.00 bits per heavy atom. The molecule has 1 aromatic heterocycles. The molecule has 19 heavy (non-hydrogen) atoms. The van der Waals surface area contributed by atoms with Gasteiger partial charge in [0.1, 0.15) is 5.69 Å². The van der Waals surface area contributed by atoms with Crippen molar-refractivity contribution in [1.29, 1.82) is 0 Å². The van der Waals surface area contributed by atoms with Gasteiger partial charge in [-0.15, -0.1) is 0 Å². The third kappa shape index (κ3) is 2.33. The minimum atomic E-state index is 0.0703. The van der Waals surface area contributed by atoms with Crippen LogP contribution in [0.4, 0.5) is 0 Å². The molecule has 1 heterocycles. The summed E-state index contributed by atoms with van der Waals surface area (Å²) in [6.45, 7) is 2.06. The molecule has 98 valence electrons. The Bertz CT molecular complexity index is 581. The molecule has 0 spiro atoms. The summed E-state index contributed by atoms with van der Waals surface area (Å²) in [5.74, 6) is 0.165. The standard InChI is InChI=1S/C16H18N2O/c1-11(12-7-3-2-4-8-12)15-16(19)18-14-10-6-5-9-13(14)17-15/h2-4,7-8,11H,5-6,9-10H2,1H3,(H,18,19). The zero-order valence-corrected chi connectivity index (χ0v) is 11.1. The average Bonchev–Trinajstić information content (AvgIpc) is 2.47. The second kappa shape index (κ2) is 5.00. The van der Waals surface area contributed by atoms with Gasteiger partial charge in [-0.05, 0) is 31.2 Å². The number of hydrogen-bond acceptors (Lipinski definition) is 3. The quantitative estimate of drug-likeness (QED) is 0.895. The Morgan fingerprint density at radius 2 is 1.63 bits per heavy atom. The van der Waals surface area contributed by atoms with E-state index in [9.17, 15) is 5.11 Å². The van der Waals surface area contributed by atoms with Crippen molar-refractivity contribution in [3.8, 4) is 5.88 Å². The van der Waals surface area contributed by atoms with Crippen LogP contribution in [0.25, 0.3) is 0 Å². The molecule has 0 bridgehead atoms. The van der Waals surface area contributed by atoms with E-state index in [-0.39, 0.29) is 11.8 Å². The molecule has 3 heteroatoms. The molecule has 0 aliphatic heterocycles. The van der Waals surface area contributed by atoms with E-state index in [1.807, 2.05) is 18.2 Å². The van der Waals surface area contributed by atoms with Crippen LogP contribution < -0.4 is 0 Å². The van der Waals surface area contributed by atoms with Crippen LogP contribution in [0.2, 0.25) is 0 Å². The second-order valence-electron chi connectivity index (χ2n) is 5.17. The van der Waals surface area contributed by atoms with E-state index in [1.165, 1.54) is 6.42 Å². The molecule has 1 unspecified atom stereocenters. The maximum Gasteiger partial charge on any atom is 0.234 e. The molecule has 1 aliphatic carbocycles. The second-order valence-corrected chi connectivity index (χ2v) is 5.17. The monoisotopic (exact) mass is 254 g/mol. The smallest absolute Gasteiger partial charge is 0.234 e. The van der Waals surface area contributed by atoms with E-state index in [4.69, 9.17) is 0 Å². The van der Waals surface area contributed by atoms with Crippen LogP contribution in [-0.4, -0.2) is 15.1 Å². The molecule has 0 amide bonds. The molecule has 3 rings (SSSR count). The predicted molar refractivity (Wildman–Crippen MR) is 74.3 cm³/mol. The van der Waals surface area contributed by atoms with E-state index in [0.29, 0.717) is 5.69 Å². The molecule has 1 aliphatic rings. The molecule has 3 nitrogen and oxygen atoms in total. The fourth-order valence-corrected chi connectivity index (χ4v) is 2.68. The topological polar surface area (TPSA) is 46.0 Å². The summed E-state index contributed by atoms with van der Waals surface area (Å²) < 4.78 is 0. The number of benzene rings is 1. The van der Waals surface area contributed by atoms with Gasteiger partial charge in [0.15, 0.2) is 0 Å². The molecule has 0 saturated heterocycles. The summed E-state index contributed by atoms with van der Waals surface area (Å²) in [6.07, 6.45) is 4.24. The van der Waals surface area contributed by atoms with E-state index >= 15 is 0 Å². The van der Waals surface area contributed by atoms with Crippen LogP contribution in [-0.2, 0) is 12.8 Å². The van der Waals surface area contributed by atoms with E-state index in [0.717, 1.165) is 36.2 Å². The lowest BCUT2D eigenvalue weighted by molar-refractivity contribution is 0.431. The summed E-state index contributed by atoms with van der Waals surface area (Å²) in [7, 11) is 0. The SMILES string of the molecule is CC(c1ccccc1)c1nc2c(nc1O)CCCC2. The van der Waals surface area contributed by atoms with Crippen molar-refractivity contribution in [2.75, 3.05) is 0 Å². The number of aryl methyl sites for hydroxylation is 2. The first kappa shape index (κ1) is 12.2. The van der Waals surface area contributed by atoms with Gasteiger partial charge in [0.2, 0.25) is 5.88 Å². The third-order valence-corrected chi connectivity index (χ3v) is 3.85. The molecule has 1 N–H and O–H groups in total. The number of rotatable bonds is 2. The van der Waals surface area contributed by atoms with Crippen molar-refractivity contribution >= 4 is 0 Å². The van der Waals surface area contributed by atoms with Gasteiger partial charge in [0.25, 0.3) is 0 Å². The van der Waals surface area contributed by atoms with Gasteiger partial charge in [-0.2, -0.15) is 0 Å². The summed E-state index contributed by atoms with van der Waals surface area (Å²) >= 11 is 0. The molecule has 0 fully saturated rings. The van der Waals surface area contributed by atoms with E-state index in [1.54, 1.807) is 0 Å². The van der Waals surface area contributed by atoms with E-state index < -0.39 is 0 Å². The van der Waals surface area contributed by atoms with Crippen LogP contribution in [0.5, 0.6) is 5.88 Å². The molecular weight excluding hydrogens is 236 g/mol. The maximum absolute atomic E-state index is 10.1. The largest absolute Gasteiger partial charge is 0.492 e. The number of aromatic hydroxyl groups is 1. The molecule has 1 atom stereocenters. The summed E-state index contributed by atoms with van der Waals surface area (Å²) in [6, 6.07) is 10.1. The fourth-order valence-electron chi connectivity index (χ4n) is 2.68. The fraction of sp³-hybridized carbons (Fsp3) is 0.375. The van der Waals surface area contributed by atoms with Gasteiger partial charge in [-0.1, -0.05) is 37.3 Å². The van der Waals surface area contributed by atoms with Crippen LogP contribution in [0.15, 0.2) is 30.3 Å². The number of nitrogens with zero attached hydrogens (tertiary/aromatic N) is 2. The van der Waals surface area contributed by atoms with Crippen molar-refractivity contribution in [3.05, 3.63) is 53.0 Å². The Balaban J connectivity index is 2.01. The molecule has 0 saturated carbocycles. The lowest BCUT2D eigenvalue weighted by atomic mass is 9.95. The predicted octanol–water partition coefficient (Wildman–Crippen LogP) is 3.21. The van der Waals surface area contributed by atoms with E-state index in [2.05, 4.69) is 29.0 Å². The van der Waals surface area contributed by atoms with Gasteiger partial charge in [0.05, 0.1) is 11.4 Å². The maximum atomic E-state index is 10.1. The Morgan fingerprint density at radius 3 is 2.32 bits per heavy atom. The zero-order valence-electron chi connectivity index (χ0n) is 11.1. The highest BCUT2D eigenvalue weighted by Crippen LogP contribution is 2.30. The highest BCUT2D eigenvalue weighted by atomic mass is 16.3. The summed E-state index contributed by atoms with van der Waals surface area (Å²) in [4.78, 5) is 9.03. The number of fused-ring (bicyclic) bond motifs is 1. The van der Waals surface area contributed by atoms with Crippen LogP contribution in [0.1, 0.15) is 48.3 Å². The average molecular weight is 254 g/mol. The van der Waals surface area contributed by atoms with Crippen LogP contribution in [0.3, 0.4) is 0 Å². The van der Waals surface area contributed by atoms with Gasteiger partial charge in [-0.3, -0.25) is 0 Å². The first-order chi connectivity index (χ1) is 9.25. The number of aromatic nitrogens is 2. The third-order valence-electron chi connectivity index (χ3n) is 3.85. The lowest BCUT2D eigenvalue weighted by Gasteiger charge is -2.18. The minimum Gasteiger partial charge on any atom is -0.492 e. The van der Waals surface area contributed by atoms with Crippen molar-refractivity contribution in [2.45, 2.75) is 38.5 Å². The Hall–Kier alpha value is -1.90. The van der Waals surface area contributed by atoms with Crippen molar-refractivity contribution in [1.82, 2.24) is 9.97 Å². The van der Waals surface area contributed by atoms with Gasteiger partial charge in [0, 0.05) is 5.92 Å². The molecule has 2 aromatic rings. The van der Waals surface area contributed by atoms with Crippen molar-refractivity contribution in [2.24, 2.45) is 0 Å². The first-order valence-electron chi connectivity index (χ1n) is 6.89. The summed E-state index contributed by atoms with van der Waals surface area (Å²) in [5, 5.41) is 10.1. The molecule has 1 aromatic carbocycles. The lowest BCUT2D eigenvalue weighted by Crippen LogP contribution is -2.12. The van der Waals surface area contributed by atoms with Gasteiger partial charge >= 0.3 is 0 Å². The van der Waals surface area contributed by atoms with Crippen molar-refractivity contribution in [3.63, 3.8) is 0 Å². The van der Waals surface area contributed by atoms with Crippen molar-refractivity contribution < 1.29 is 5.11 Å². The van der Waals surface area contributed by atoms with Gasteiger partial charge < -0.3 is 5.11 Å². The highest BCUT2D eigenvalue weighted by Gasteiger charge is 2.20.